The monoisotopic (exact) mass is 292 g/mol. The predicted octanol–water partition coefficient (Wildman–Crippen LogP) is 4.95. The van der Waals surface area contributed by atoms with Gasteiger partial charge < -0.3 is 0 Å². The van der Waals surface area contributed by atoms with Gasteiger partial charge in [0.2, 0.25) is 6.04 Å². The maximum atomic E-state index is 9.29. The number of hydrogen-bond acceptors (Lipinski definition) is 5. The second kappa shape index (κ2) is 5.81. The van der Waals surface area contributed by atoms with Gasteiger partial charge in [-0.15, -0.1) is 11.3 Å². The molecule has 0 fully saturated rings. The number of fused-ring (bicyclic) bond motifs is 1. The molecule has 3 aromatic rings. The third kappa shape index (κ3) is 2.96. The van der Waals surface area contributed by atoms with Crippen LogP contribution >= 0.6 is 11.3 Å². The molecule has 0 saturated carbocycles. The van der Waals surface area contributed by atoms with Crippen LogP contribution in [0.25, 0.3) is 10.2 Å². The summed E-state index contributed by atoms with van der Waals surface area (Å²) in [5, 5.41) is 18.2. The van der Waals surface area contributed by atoms with E-state index in [-0.39, 0.29) is 0 Å². The molecule has 0 aliphatic heterocycles. The van der Waals surface area contributed by atoms with Gasteiger partial charge in [-0.05, 0) is 31.2 Å². The van der Waals surface area contributed by atoms with Crippen LogP contribution in [-0.2, 0) is 0 Å². The molecule has 0 aliphatic rings. The number of rotatable bonds is 3. The molecule has 0 aliphatic carbocycles. The van der Waals surface area contributed by atoms with Gasteiger partial charge in [-0.25, -0.2) is 4.98 Å². The van der Waals surface area contributed by atoms with E-state index in [9.17, 15) is 5.26 Å². The minimum absolute atomic E-state index is 0.663. The van der Waals surface area contributed by atoms with E-state index in [0.717, 1.165) is 21.5 Å². The van der Waals surface area contributed by atoms with E-state index >= 15 is 0 Å². The normalized spacial score (nSPS) is 12.6. The topological polar surface area (TPSA) is 61.4 Å². The van der Waals surface area contributed by atoms with E-state index in [1.807, 2.05) is 55.5 Å². The summed E-state index contributed by atoms with van der Waals surface area (Å²) in [6.45, 7) is 2.01. The molecule has 0 N–H and O–H groups in total. The van der Waals surface area contributed by atoms with E-state index in [0.29, 0.717) is 5.01 Å². The van der Waals surface area contributed by atoms with Crippen molar-refractivity contribution < 1.29 is 0 Å². The molecule has 2 aromatic carbocycles. The number of thiazole rings is 1. The smallest absolute Gasteiger partial charge is 0.208 e. The molecule has 4 nitrogen and oxygen atoms in total. The molecule has 5 heteroatoms. The van der Waals surface area contributed by atoms with Crippen molar-refractivity contribution in [3.05, 3.63) is 59.1 Å². The number of aromatic nitrogens is 1. The first-order valence-electron chi connectivity index (χ1n) is 6.49. The highest BCUT2D eigenvalue weighted by atomic mass is 32.1. The van der Waals surface area contributed by atoms with Crippen molar-refractivity contribution >= 4 is 27.2 Å². The summed E-state index contributed by atoms with van der Waals surface area (Å²) >= 11 is 1.48. The van der Waals surface area contributed by atoms with Crippen LogP contribution in [-0.4, -0.2) is 4.98 Å². The number of aryl methyl sites for hydroxylation is 1. The molecule has 102 valence electrons. The Kier molecular flexibility index (Phi) is 3.71. The highest BCUT2D eigenvalue weighted by molar-refractivity contribution is 7.18. The second-order valence-corrected chi connectivity index (χ2v) is 5.66. The lowest BCUT2D eigenvalue weighted by Crippen LogP contribution is -1.89. The molecular weight excluding hydrogens is 280 g/mol. The highest BCUT2D eigenvalue weighted by Crippen LogP contribution is 2.29. The number of nitriles is 1. The lowest BCUT2D eigenvalue weighted by atomic mass is 10.2. The Hall–Kier alpha value is -2.58. The Morgan fingerprint density at radius 2 is 1.90 bits per heavy atom. The van der Waals surface area contributed by atoms with Crippen LogP contribution in [0.4, 0.5) is 5.69 Å². The van der Waals surface area contributed by atoms with Crippen LogP contribution in [0.15, 0.2) is 58.8 Å². The van der Waals surface area contributed by atoms with Crippen LogP contribution in [0.5, 0.6) is 0 Å². The van der Waals surface area contributed by atoms with Crippen molar-refractivity contribution in [2.45, 2.75) is 13.0 Å². The zero-order valence-electron chi connectivity index (χ0n) is 11.4. The average molecular weight is 292 g/mol. The molecule has 1 unspecified atom stereocenters. The first-order chi connectivity index (χ1) is 10.3. The standard InChI is InChI=1S/C16H12N4S/c1-11-6-8-12(9-7-11)19-20-14(10-17)16-18-13-4-2-3-5-15(13)21-16/h2-9,14H,1H3. The molecule has 0 amide bonds. The lowest BCUT2D eigenvalue weighted by Gasteiger charge is -1.97. The van der Waals surface area contributed by atoms with Gasteiger partial charge in [0.05, 0.1) is 22.0 Å². The molecular formula is C16H12N4S. The Morgan fingerprint density at radius 1 is 1.14 bits per heavy atom. The minimum Gasteiger partial charge on any atom is -0.238 e. The van der Waals surface area contributed by atoms with Crippen molar-refractivity contribution in [3.63, 3.8) is 0 Å². The summed E-state index contributed by atoms with van der Waals surface area (Å²) in [6, 6.07) is 17.0. The summed E-state index contributed by atoms with van der Waals surface area (Å²) in [7, 11) is 0. The molecule has 0 saturated heterocycles. The van der Waals surface area contributed by atoms with Gasteiger partial charge in [0.1, 0.15) is 5.01 Å². The van der Waals surface area contributed by atoms with Crippen molar-refractivity contribution in [3.8, 4) is 6.07 Å². The van der Waals surface area contributed by atoms with Crippen molar-refractivity contribution in [2.75, 3.05) is 0 Å². The van der Waals surface area contributed by atoms with Crippen molar-refractivity contribution in [1.82, 2.24) is 4.98 Å². The van der Waals surface area contributed by atoms with Gasteiger partial charge in [0.15, 0.2) is 0 Å². The van der Waals surface area contributed by atoms with Crippen LogP contribution in [0.1, 0.15) is 16.6 Å². The fraction of sp³-hybridized carbons (Fsp3) is 0.125. The molecule has 0 radical (unpaired) electrons. The van der Waals surface area contributed by atoms with E-state index in [2.05, 4.69) is 21.3 Å². The Morgan fingerprint density at radius 3 is 2.62 bits per heavy atom. The van der Waals surface area contributed by atoms with E-state index in [4.69, 9.17) is 0 Å². The zero-order valence-corrected chi connectivity index (χ0v) is 12.2. The quantitative estimate of drug-likeness (QED) is 0.641. The average Bonchev–Trinajstić information content (AvgIpc) is 2.93. The SMILES string of the molecule is Cc1ccc(N=NC(C#N)c2nc3ccccc3s2)cc1. The number of hydrogen-bond donors (Lipinski definition) is 0. The van der Waals surface area contributed by atoms with Gasteiger partial charge in [-0.1, -0.05) is 29.8 Å². The molecule has 1 heterocycles. The second-order valence-electron chi connectivity index (χ2n) is 4.60. The van der Waals surface area contributed by atoms with E-state index < -0.39 is 6.04 Å². The summed E-state index contributed by atoms with van der Waals surface area (Å²) < 4.78 is 1.05. The first kappa shape index (κ1) is 13.4. The number of azo groups is 1. The molecule has 3 rings (SSSR count). The van der Waals surface area contributed by atoms with Gasteiger partial charge >= 0.3 is 0 Å². The van der Waals surface area contributed by atoms with E-state index in [1.165, 1.54) is 11.3 Å². The zero-order chi connectivity index (χ0) is 14.7. The van der Waals surface area contributed by atoms with Gasteiger partial charge in [-0.3, -0.25) is 0 Å². The fourth-order valence-corrected chi connectivity index (χ4v) is 2.82. The molecule has 0 spiro atoms. The lowest BCUT2D eigenvalue weighted by molar-refractivity contribution is 0.845. The summed E-state index contributed by atoms with van der Waals surface area (Å²) in [6.07, 6.45) is 0. The molecule has 1 atom stereocenters. The third-order valence-corrected chi connectivity index (χ3v) is 4.08. The predicted molar refractivity (Wildman–Crippen MR) is 83.7 cm³/mol. The minimum atomic E-state index is -0.663. The largest absolute Gasteiger partial charge is 0.238 e. The summed E-state index contributed by atoms with van der Waals surface area (Å²) in [5.41, 5.74) is 2.79. The Balaban J connectivity index is 1.88. The number of benzene rings is 2. The van der Waals surface area contributed by atoms with Gasteiger partial charge in [-0.2, -0.15) is 15.5 Å². The van der Waals surface area contributed by atoms with Crippen LogP contribution in [0.2, 0.25) is 0 Å². The fourth-order valence-electron chi connectivity index (χ4n) is 1.87. The van der Waals surface area contributed by atoms with Gasteiger partial charge in [0.25, 0.3) is 0 Å². The van der Waals surface area contributed by atoms with Crippen LogP contribution < -0.4 is 0 Å². The third-order valence-electron chi connectivity index (χ3n) is 2.99. The molecule has 1 aromatic heterocycles. The molecule has 21 heavy (non-hydrogen) atoms. The maximum Gasteiger partial charge on any atom is 0.208 e. The Labute approximate surface area is 126 Å². The van der Waals surface area contributed by atoms with Crippen molar-refractivity contribution in [1.29, 1.82) is 5.26 Å². The maximum absolute atomic E-state index is 9.29. The van der Waals surface area contributed by atoms with Gasteiger partial charge in [0, 0.05) is 0 Å². The Bertz CT molecular complexity index is 794. The molecule has 0 bridgehead atoms. The number of para-hydroxylation sites is 1. The first-order valence-corrected chi connectivity index (χ1v) is 7.30. The van der Waals surface area contributed by atoms with E-state index in [1.54, 1.807) is 0 Å². The van der Waals surface area contributed by atoms with Crippen LogP contribution in [0.3, 0.4) is 0 Å². The van der Waals surface area contributed by atoms with Crippen molar-refractivity contribution in [2.24, 2.45) is 10.2 Å². The van der Waals surface area contributed by atoms with Crippen LogP contribution in [0, 0.1) is 18.3 Å². The highest BCUT2D eigenvalue weighted by Gasteiger charge is 2.14. The number of nitrogens with zero attached hydrogens (tertiary/aromatic N) is 4. The summed E-state index contributed by atoms with van der Waals surface area (Å²) in [5.74, 6) is 0. The summed E-state index contributed by atoms with van der Waals surface area (Å²) in [4.78, 5) is 4.45.